The molecule has 2 aromatic heterocycles. The predicted octanol–water partition coefficient (Wildman–Crippen LogP) is 3.03. The number of thiazole rings is 1. The first kappa shape index (κ1) is 17.7. The fraction of sp³-hybridized carbons (Fsp3) is 0.294. The molecule has 1 amide bonds. The number of amides is 1. The molecular formula is C17H19ClN4O2S. The highest BCUT2D eigenvalue weighted by Crippen LogP contribution is 2.31. The third kappa shape index (κ3) is 4.72. The molecule has 0 saturated heterocycles. The highest BCUT2D eigenvalue weighted by atomic mass is 35.5. The van der Waals surface area contributed by atoms with Gasteiger partial charge in [0.05, 0.1) is 29.3 Å². The largest absolute Gasteiger partial charge is 0.486 e. The van der Waals surface area contributed by atoms with E-state index in [9.17, 15) is 4.79 Å². The average molecular weight is 379 g/mol. The van der Waals surface area contributed by atoms with Crippen molar-refractivity contribution in [3.8, 4) is 5.75 Å². The molecule has 132 valence electrons. The van der Waals surface area contributed by atoms with E-state index in [0.717, 1.165) is 22.3 Å². The zero-order chi connectivity index (χ0) is 17.8. The summed E-state index contributed by atoms with van der Waals surface area (Å²) in [5, 5.41) is 6.34. The van der Waals surface area contributed by atoms with Crippen molar-refractivity contribution in [1.82, 2.24) is 20.2 Å². The Morgan fingerprint density at radius 3 is 2.96 bits per heavy atom. The number of H-pyrrole nitrogens is 1. The number of hydrogen-bond acceptors (Lipinski definition) is 5. The number of carbonyl (C=O) groups is 1. The fourth-order valence-electron chi connectivity index (χ4n) is 2.40. The number of benzene rings is 1. The van der Waals surface area contributed by atoms with Crippen LogP contribution in [0, 0.1) is 0 Å². The average Bonchev–Trinajstić information content (AvgIpc) is 3.19. The topological polar surface area (TPSA) is 70.2 Å². The van der Waals surface area contributed by atoms with E-state index in [1.807, 2.05) is 42.6 Å². The van der Waals surface area contributed by atoms with Gasteiger partial charge in [-0.15, -0.1) is 11.3 Å². The lowest BCUT2D eigenvalue weighted by Gasteiger charge is -2.09. The Morgan fingerprint density at radius 1 is 1.40 bits per heavy atom. The Labute approximate surface area is 154 Å². The lowest BCUT2D eigenvalue weighted by molar-refractivity contribution is -0.121. The maximum absolute atomic E-state index is 11.7. The third-order valence-corrected chi connectivity index (χ3v) is 4.45. The quantitative estimate of drug-likeness (QED) is 0.663. The molecule has 6 nitrogen and oxygen atoms in total. The van der Waals surface area contributed by atoms with E-state index in [-0.39, 0.29) is 5.91 Å². The first-order chi connectivity index (χ1) is 12.0. The third-order valence-electron chi connectivity index (χ3n) is 3.52. The summed E-state index contributed by atoms with van der Waals surface area (Å²) in [6.45, 7) is 1.18. The number of nitrogens with one attached hydrogen (secondary N) is 2. The Hall–Kier alpha value is -2.09. The van der Waals surface area contributed by atoms with E-state index >= 15 is 0 Å². The number of ether oxygens (including phenoxy) is 1. The van der Waals surface area contributed by atoms with Gasteiger partial charge >= 0.3 is 0 Å². The zero-order valence-electron chi connectivity index (χ0n) is 14.0. The lowest BCUT2D eigenvalue weighted by atomic mass is 10.2. The Morgan fingerprint density at radius 2 is 2.24 bits per heavy atom. The molecule has 2 heterocycles. The molecule has 0 radical (unpaired) electrons. The van der Waals surface area contributed by atoms with Gasteiger partial charge in [-0.05, 0) is 26.2 Å². The minimum Gasteiger partial charge on any atom is -0.486 e. The van der Waals surface area contributed by atoms with Crippen LogP contribution in [0.25, 0.3) is 10.9 Å². The maximum atomic E-state index is 11.7. The van der Waals surface area contributed by atoms with Gasteiger partial charge in [-0.1, -0.05) is 11.6 Å². The number of hydrogen-bond donors (Lipinski definition) is 2. The summed E-state index contributed by atoms with van der Waals surface area (Å²) in [6.07, 6.45) is 0. The van der Waals surface area contributed by atoms with Crippen LogP contribution in [0.3, 0.4) is 0 Å². The first-order valence-electron chi connectivity index (χ1n) is 7.73. The molecule has 2 N–H and O–H groups in total. The fourth-order valence-corrected chi connectivity index (χ4v) is 3.17. The molecular weight excluding hydrogens is 360 g/mol. The number of nitrogens with zero attached hydrogens (tertiary/aromatic N) is 2. The smallest absolute Gasteiger partial charge is 0.234 e. The molecule has 0 spiro atoms. The van der Waals surface area contributed by atoms with Crippen LogP contribution in [0.15, 0.2) is 29.1 Å². The highest BCUT2D eigenvalue weighted by molar-refractivity contribution is 7.07. The molecule has 0 unspecified atom stereocenters. The van der Waals surface area contributed by atoms with Gasteiger partial charge in [0.15, 0.2) is 0 Å². The summed E-state index contributed by atoms with van der Waals surface area (Å²) in [7, 11) is 3.72. The SMILES string of the molecule is CN(C)CC(=O)NCc1cc2cc(Cl)c(OCc3cscn3)cc2[nH]1. The zero-order valence-corrected chi connectivity index (χ0v) is 15.6. The summed E-state index contributed by atoms with van der Waals surface area (Å²) in [4.78, 5) is 21.0. The lowest BCUT2D eigenvalue weighted by Crippen LogP contribution is -2.32. The summed E-state index contributed by atoms with van der Waals surface area (Å²) < 4.78 is 5.76. The van der Waals surface area contributed by atoms with E-state index in [2.05, 4.69) is 15.3 Å². The molecule has 1 aromatic carbocycles. The summed E-state index contributed by atoms with van der Waals surface area (Å²) >= 11 is 7.83. The van der Waals surface area contributed by atoms with Crippen molar-refractivity contribution < 1.29 is 9.53 Å². The van der Waals surface area contributed by atoms with Crippen LogP contribution in [0.1, 0.15) is 11.4 Å². The molecule has 3 aromatic rings. The minimum atomic E-state index is -0.0195. The Balaban J connectivity index is 1.68. The summed E-state index contributed by atoms with van der Waals surface area (Å²) in [6, 6.07) is 5.70. The van der Waals surface area contributed by atoms with Crippen LogP contribution in [0.4, 0.5) is 0 Å². The highest BCUT2D eigenvalue weighted by Gasteiger charge is 2.09. The summed E-state index contributed by atoms with van der Waals surface area (Å²) in [5.41, 5.74) is 4.46. The van der Waals surface area contributed by atoms with Crippen molar-refractivity contribution >= 4 is 39.7 Å². The Kier molecular flexibility index (Phi) is 5.57. The van der Waals surface area contributed by atoms with Crippen molar-refractivity contribution in [3.05, 3.63) is 45.5 Å². The number of rotatable bonds is 7. The van der Waals surface area contributed by atoms with Gasteiger partial charge in [0.25, 0.3) is 0 Å². The van der Waals surface area contributed by atoms with Crippen LogP contribution in [0.5, 0.6) is 5.75 Å². The minimum absolute atomic E-state index is 0.0195. The van der Waals surface area contributed by atoms with Crippen LogP contribution in [0.2, 0.25) is 5.02 Å². The van der Waals surface area contributed by atoms with Crippen molar-refractivity contribution in [3.63, 3.8) is 0 Å². The predicted molar refractivity (Wildman–Crippen MR) is 100 cm³/mol. The van der Waals surface area contributed by atoms with Gasteiger partial charge < -0.3 is 19.9 Å². The van der Waals surface area contributed by atoms with Crippen molar-refractivity contribution in [1.29, 1.82) is 0 Å². The normalized spacial score (nSPS) is 11.2. The second-order valence-electron chi connectivity index (χ2n) is 5.95. The van der Waals surface area contributed by atoms with Crippen LogP contribution >= 0.6 is 22.9 Å². The number of likely N-dealkylation sites (N-methyl/N-ethyl adjacent to an activating group) is 1. The van der Waals surface area contributed by atoms with Crippen LogP contribution < -0.4 is 10.1 Å². The number of fused-ring (bicyclic) bond motifs is 1. The molecule has 0 fully saturated rings. The van der Waals surface area contributed by atoms with Crippen molar-refractivity contribution in [2.75, 3.05) is 20.6 Å². The van der Waals surface area contributed by atoms with Crippen LogP contribution in [-0.4, -0.2) is 41.4 Å². The van der Waals surface area contributed by atoms with Crippen molar-refractivity contribution in [2.24, 2.45) is 0 Å². The molecule has 0 bridgehead atoms. The van der Waals surface area contributed by atoms with Gasteiger partial charge in [0, 0.05) is 28.0 Å². The molecule has 8 heteroatoms. The molecule has 0 saturated carbocycles. The van der Waals surface area contributed by atoms with Crippen molar-refractivity contribution in [2.45, 2.75) is 13.2 Å². The standard InChI is InChI=1S/C17H19ClN4O2S/c1-22(2)7-17(23)19-6-12-3-11-4-14(18)16(5-15(11)21-12)24-8-13-9-25-10-20-13/h3-5,9-10,21H,6-8H2,1-2H3,(H,19,23). The van der Waals surface area contributed by atoms with Gasteiger partial charge in [-0.2, -0.15) is 0 Å². The molecule has 0 aliphatic carbocycles. The van der Waals surface area contributed by atoms with Gasteiger partial charge in [-0.3, -0.25) is 4.79 Å². The molecule has 25 heavy (non-hydrogen) atoms. The monoisotopic (exact) mass is 378 g/mol. The molecule has 0 aliphatic heterocycles. The van der Waals surface area contributed by atoms with E-state index < -0.39 is 0 Å². The second kappa shape index (κ2) is 7.86. The molecule has 3 rings (SSSR count). The summed E-state index contributed by atoms with van der Waals surface area (Å²) in [5.74, 6) is 0.584. The number of halogens is 1. The van der Waals surface area contributed by atoms with E-state index in [0.29, 0.717) is 30.5 Å². The number of aromatic amines is 1. The van der Waals surface area contributed by atoms with Gasteiger partial charge in [0.2, 0.25) is 5.91 Å². The van der Waals surface area contributed by atoms with E-state index in [4.69, 9.17) is 16.3 Å². The molecule has 0 atom stereocenters. The first-order valence-corrected chi connectivity index (χ1v) is 9.06. The van der Waals surface area contributed by atoms with E-state index in [1.165, 1.54) is 11.3 Å². The van der Waals surface area contributed by atoms with E-state index in [1.54, 1.807) is 5.51 Å². The number of carbonyl (C=O) groups excluding carboxylic acids is 1. The second-order valence-corrected chi connectivity index (χ2v) is 7.07. The van der Waals surface area contributed by atoms with Gasteiger partial charge in [0.1, 0.15) is 12.4 Å². The van der Waals surface area contributed by atoms with Crippen LogP contribution in [-0.2, 0) is 17.9 Å². The molecule has 0 aliphatic rings. The Bertz CT molecular complexity index is 861. The maximum Gasteiger partial charge on any atom is 0.234 e. The van der Waals surface area contributed by atoms with Gasteiger partial charge in [-0.25, -0.2) is 4.98 Å². The number of aromatic nitrogens is 2.